The fourth-order valence-electron chi connectivity index (χ4n) is 4.29. The minimum atomic E-state index is -1.21. The van der Waals surface area contributed by atoms with Gasteiger partial charge in [-0.1, -0.05) is 11.6 Å². The lowest BCUT2D eigenvalue weighted by Crippen LogP contribution is -2.48. The largest absolute Gasteiger partial charge is 0.496 e. The number of hydrogen-bond acceptors (Lipinski definition) is 8. The number of aromatic nitrogens is 4. The van der Waals surface area contributed by atoms with Crippen LogP contribution < -0.4 is 10.5 Å². The second-order valence-electron chi connectivity index (χ2n) is 7.99. The first-order valence-corrected chi connectivity index (χ1v) is 10.7. The number of halogens is 1. The molecule has 1 fully saturated rings. The van der Waals surface area contributed by atoms with Crippen LogP contribution in [-0.2, 0) is 13.0 Å². The number of anilines is 1. The van der Waals surface area contributed by atoms with Gasteiger partial charge in [-0.15, -0.1) is 0 Å². The number of benzene rings is 1. The number of nitrogens with zero attached hydrogens (tertiary/aromatic N) is 5. The predicted octanol–water partition coefficient (Wildman–Crippen LogP) is 1.72. The number of carboxylic acid groups (broad SMARTS) is 1. The molecule has 11 nitrogen and oxygen atoms in total. The maximum atomic E-state index is 11.2. The van der Waals surface area contributed by atoms with Crippen molar-refractivity contribution in [1.29, 1.82) is 0 Å². The van der Waals surface area contributed by atoms with E-state index in [1.807, 2.05) is 13.0 Å². The van der Waals surface area contributed by atoms with Gasteiger partial charge in [0.25, 0.3) is 0 Å². The van der Waals surface area contributed by atoms with Gasteiger partial charge in [0.2, 0.25) is 0 Å². The van der Waals surface area contributed by atoms with Gasteiger partial charge in [0.1, 0.15) is 29.7 Å². The Balaban J connectivity index is 1.68. The molecule has 1 aliphatic rings. The minimum Gasteiger partial charge on any atom is -0.496 e. The standard InChI is InChI=1S/C21H25ClN6O5/c1-10-13(22)5-11(18(33-2)15(10)12-6-27(7-12)21(31)32)3-4-28-20-16(19(23)24-9-25-20)17(26-28)14(30)8-29/h5,9,12,14,29-30H,3-4,6-8H2,1-2H3,(H,31,32)(H2,23,24,25). The summed E-state index contributed by atoms with van der Waals surface area (Å²) in [5, 5.41) is 34.1. The van der Waals surface area contributed by atoms with E-state index in [1.54, 1.807) is 11.8 Å². The average Bonchev–Trinajstić information content (AvgIpc) is 3.13. The van der Waals surface area contributed by atoms with E-state index in [9.17, 15) is 20.1 Å². The Morgan fingerprint density at radius 1 is 1.39 bits per heavy atom. The molecule has 3 heterocycles. The summed E-state index contributed by atoms with van der Waals surface area (Å²) in [6, 6.07) is 1.84. The van der Waals surface area contributed by atoms with Crippen molar-refractivity contribution in [2.75, 3.05) is 32.5 Å². The van der Waals surface area contributed by atoms with Crippen molar-refractivity contribution < 1.29 is 24.9 Å². The van der Waals surface area contributed by atoms with E-state index in [1.165, 1.54) is 11.2 Å². The van der Waals surface area contributed by atoms with Crippen LogP contribution in [0.4, 0.5) is 10.6 Å². The summed E-state index contributed by atoms with van der Waals surface area (Å²) >= 11 is 6.53. The maximum absolute atomic E-state index is 11.2. The van der Waals surface area contributed by atoms with Crippen LogP contribution in [0, 0.1) is 6.92 Å². The number of nitrogens with two attached hydrogens (primary N) is 1. The molecular weight excluding hydrogens is 452 g/mol. The maximum Gasteiger partial charge on any atom is 0.407 e. The van der Waals surface area contributed by atoms with Crippen LogP contribution in [-0.4, -0.2) is 72.9 Å². The zero-order valence-corrected chi connectivity index (χ0v) is 19.0. The van der Waals surface area contributed by atoms with Crippen molar-refractivity contribution in [3.05, 3.63) is 39.8 Å². The Morgan fingerprint density at radius 3 is 2.76 bits per heavy atom. The number of rotatable bonds is 7. The van der Waals surface area contributed by atoms with Gasteiger partial charge in [0.15, 0.2) is 5.65 Å². The highest BCUT2D eigenvalue weighted by atomic mass is 35.5. The van der Waals surface area contributed by atoms with Gasteiger partial charge in [-0.2, -0.15) is 5.10 Å². The van der Waals surface area contributed by atoms with Crippen molar-refractivity contribution in [3.63, 3.8) is 0 Å². The van der Waals surface area contributed by atoms with Crippen LogP contribution in [0.2, 0.25) is 5.02 Å². The van der Waals surface area contributed by atoms with Crippen molar-refractivity contribution in [1.82, 2.24) is 24.6 Å². The van der Waals surface area contributed by atoms with E-state index in [4.69, 9.17) is 22.1 Å². The minimum absolute atomic E-state index is 0.00197. The number of aliphatic hydroxyl groups excluding tert-OH is 2. The summed E-state index contributed by atoms with van der Waals surface area (Å²) < 4.78 is 7.35. The highest BCUT2D eigenvalue weighted by molar-refractivity contribution is 6.31. The van der Waals surface area contributed by atoms with Crippen molar-refractivity contribution in [3.8, 4) is 5.75 Å². The lowest BCUT2D eigenvalue weighted by molar-refractivity contribution is 0.0927. The second kappa shape index (κ2) is 9.00. The normalized spacial score (nSPS) is 15.0. The van der Waals surface area contributed by atoms with E-state index in [0.29, 0.717) is 47.9 Å². The van der Waals surface area contributed by atoms with E-state index in [0.717, 1.165) is 16.7 Å². The third-order valence-electron chi connectivity index (χ3n) is 6.03. The van der Waals surface area contributed by atoms with Gasteiger partial charge in [-0.3, -0.25) is 0 Å². The number of amides is 1. The van der Waals surface area contributed by atoms with Crippen LogP contribution in [0.3, 0.4) is 0 Å². The zero-order chi connectivity index (χ0) is 23.9. The van der Waals surface area contributed by atoms with Crippen LogP contribution in [0.1, 0.15) is 34.4 Å². The SMILES string of the molecule is COc1c(CCn2nc(C(O)CO)c3c(N)ncnc32)cc(Cl)c(C)c1C1CN(C(=O)O)C1. The molecular formula is C21H25ClN6O5. The Morgan fingerprint density at radius 2 is 2.12 bits per heavy atom. The molecule has 0 spiro atoms. The van der Waals surface area contributed by atoms with Crippen molar-refractivity contribution in [2.24, 2.45) is 0 Å². The molecule has 12 heteroatoms. The van der Waals surface area contributed by atoms with E-state index in [2.05, 4.69) is 15.1 Å². The van der Waals surface area contributed by atoms with E-state index >= 15 is 0 Å². The number of fused-ring (bicyclic) bond motifs is 1. The smallest absolute Gasteiger partial charge is 0.407 e. The first-order chi connectivity index (χ1) is 15.8. The zero-order valence-electron chi connectivity index (χ0n) is 18.2. The molecule has 0 radical (unpaired) electrons. The van der Waals surface area contributed by atoms with Gasteiger partial charge < -0.3 is 30.7 Å². The summed E-state index contributed by atoms with van der Waals surface area (Å²) in [6.45, 7) is 2.52. The number of likely N-dealkylation sites (tertiary alicyclic amines) is 1. The van der Waals surface area contributed by atoms with Gasteiger partial charge >= 0.3 is 6.09 Å². The Kier molecular flexibility index (Phi) is 6.28. The van der Waals surface area contributed by atoms with E-state index in [-0.39, 0.29) is 17.4 Å². The third kappa shape index (κ3) is 4.03. The molecule has 1 unspecified atom stereocenters. The molecule has 33 heavy (non-hydrogen) atoms. The molecule has 176 valence electrons. The first kappa shape index (κ1) is 23.0. The summed E-state index contributed by atoms with van der Waals surface area (Å²) in [4.78, 5) is 20.8. The fourth-order valence-corrected chi connectivity index (χ4v) is 4.53. The number of carbonyl (C=O) groups is 1. The molecule has 1 amide bonds. The highest BCUT2D eigenvalue weighted by Gasteiger charge is 2.35. The summed E-state index contributed by atoms with van der Waals surface area (Å²) in [7, 11) is 1.58. The predicted molar refractivity (Wildman–Crippen MR) is 121 cm³/mol. The summed E-state index contributed by atoms with van der Waals surface area (Å²) in [5.41, 5.74) is 9.25. The van der Waals surface area contributed by atoms with Gasteiger partial charge in [0, 0.05) is 36.1 Å². The Bertz CT molecular complexity index is 1210. The molecule has 0 saturated carbocycles. The number of hydrogen-bond donors (Lipinski definition) is 4. The fraction of sp³-hybridized carbons (Fsp3) is 0.429. The highest BCUT2D eigenvalue weighted by Crippen LogP contribution is 2.41. The molecule has 1 aliphatic heterocycles. The summed E-state index contributed by atoms with van der Waals surface area (Å²) in [6.07, 6.45) is -0.372. The molecule has 0 bridgehead atoms. The molecule has 0 aliphatic carbocycles. The van der Waals surface area contributed by atoms with Crippen LogP contribution in [0.5, 0.6) is 5.75 Å². The molecule has 1 atom stereocenters. The molecule has 1 aromatic carbocycles. The third-order valence-corrected chi connectivity index (χ3v) is 6.42. The average molecular weight is 477 g/mol. The molecule has 4 rings (SSSR count). The topological polar surface area (TPSA) is 160 Å². The van der Waals surface area contributed by atoms with E-state index < -0.39 is 18.8 Å². The number of aliphatic hydroxyl groups is 2. The van der Waals surface area contributed by atoms with Crippen molar-refractivity contribution >= 4 is 34.5 Å². The lowest BCUT2D eigenvalue weighted by atomic mass is 9.86. The molecule has 2 aromatic heterocycles. The number of nitrogen functional groups attached to an aromatic ring is 1. The first-order valence-electron chi connectivity index (χ1n) is 10.4. The van der Waals surface area contributed by atoms with Gasteiger partial charge in [-0.05, 0) is 30.5 Å². The number of aryl methyl sites for hydroxylation is 2. The van der Waals surface area contributed by atoms with Gasteiger partial charge in [0.05, 0.1) is 19.1 Å². The lowest BCUT2D eigenvalue weighted by Gasteiger charge is -2.39. The monoisotopic (exact) mass is 476 g/mol. The van der Waals surface area contributed by atoms with Gasteiger partial charge in [-0.25, -0.2) is 19.4 Å². The molecule has 1 saturated heterocycles. The molecule has 3 aromatic rings. The Labute approximate surface area is 194 Å². The van der Waals surface area contributed by atoms with Crippen LogP contribution in [0.15, 0.2) is 12.4 Å². The van der Waals surface area contributed by atoms with Crippen LogP contribution >= 0.6 is 11.6 Å². The number of ether oxygens (including phenoxy) is 1. The Hall–Kier alpha value is -3.15. The molecule has 5 N–H and O–H groups in total. The second-order valence-corrected chi connectivity index (χ2v) is 8.40. The summed E-state index contributed by atoms with van der Waals surface area (Å²) in [5.74, 6) is 0.839. The van der Waals surface area contributed by atoms with Crippen molar-refractivity contribution in [2.45, 2.75) is 31.9 Å². The number of methoxy groups -OCH3 is 1. The quantitative estimate of drug-likeness (QED) is 0.398. The van der Waals surface area contributed by atoms with Crippen LogP contribution in [0.25, 0.3) is 11.0 Å².